The molecule has 1 aliphatic heterocycles. The molecule has 1 N–H and O–H groups in total. The molecule has 1 aliphatic rings. The fourth-order valence-electron chi connectivity index (χ4n) is 4.84. The molecule has 0 saturated carbocycles. The molecule has 0 radical (unpaired) electrons. The standard InChI is InChI=1S/C25H31ClN8O/c1-5-34-24-19(15-29-34)22-18(14-28-24)25(33-10-8-17(9-11-33)32(2)3)31-30-23(22)27-13-16-6-7-21(35-4)20(26)12-16/h6-7,12,14-15,17H,5,8-11,13H2,1-4H3,(H,27,30). The minimum atomic E-state index is 0.548. The number of benzene rings is 1. The minimum Gasteiger partial charge on any atom is -0.495 e. The van der Waals surface area contributed by atoms with E-state index in [1.807, 2.05) is 35.3 Å². The molecule has 4 aromatic rings. The van der Waals surface area contributed by atoms with Crippen LogP contribution in [0.1, 0.15) is 25.3 Å². The first kappa shape index (κ1) is 23.6. The van der Waals surface area contributed by atoms with Crippen LogP contribution in [0, 0.1) is 0 Å². The quantitative estimate of drug-likeness (QED) is 0.409. The van der Waals surface area contributed by atoms with Crippen LogP contribution in [0.15, 0.2) is 30.6 Å². The van der Waals surface area contributed by atoms with Crippen LogP contribution in [-0.4, -0.2) is 70.2 Å². The van der Waals surface area contributed by atoms with Crippen molar-refractivity contribution in [1.82, 2.24) is 29.9 Å². The van der Waals surface area contributed by atoms with E-state index in [0.717, 1.165) is 65.7 Å². The lowest BCUT2D eigenvalue weighted by Crippen LogP contribution is -2.42. The molecule has 3 aromatic heterocycles. The monoisotopic (exact) mass is 494 g/mol. The van der Waals surface area contributed by atoms with Gasteiger partial charge in [0.25, 0.3) is 0 Å². The number of anilines is 2. The maximum Gasteiger partial charge on any atom is 0.160 e. The number of aryl methyl sites for hydroxylation is 1. The predicted molar refractivity (Wildman–Crippen MR) is 141 cm³/mol. The Morgan fingerprint density at radius 2 is 1.94 bits per heavy atom. The van der Waals surface area contributed by atoms with E-state index >= 15 is 0 Å². The number of methoxy groups -OCH3 is 1. The number of rotatable bonds is 7. The highest BCUT2D eigenvalue weighted by atomic mass is 35.5. The van der Waals surface area contributed by atoms with E-state index < -0.39 is 0 Å². The number of halogens is 1. The zero-order valence-electron chi connectivity index (χ0n) is 20.6. The molecule has 9 nitrogen and oxygen atoms in total. The lowest BCUT2D eigenvalue weighted by atomic mass is 10.0. The summed E-state index contributed by atoms with van der Waals surface area (Å²) in [7, 11) is 5.91. The highest BCUT2D eigenvalue weighted by Crippen LogP contribution is 2.35. The van der Waals surface area contributed by atoms with E-state index in [2.05, 4.69) is 51.4 Å². The maximum atomic E-state index is 6.33. The van der Waals surface area contributed by atoms with E-state index in [-0.39, 0.29) is 0 Å². The molecule has 1 saturated heterocycles. The van der Waals surface area contributed by atoms with Crippen LogP contribution in [-0.2, 0) is 13.1 Å². The Morgan fingerprint density at radius 3 is 2.63 bits per heavy atom. The van der Waals surface area contributed by atoms with Crippen molar-refractivity contribution in [3.63, 3.8) is 0 Å². The molecule has 0 aliphatic carbocycles. The molecule has 0 amide bonds. The highest BCUT2D eigenvalue weighted by Gasteiger charge is 2.25. The van der Waals surface area contributed by atoms with E-state index in [9.17, 15) is 0 Å². The van der Waals surface area contributed by atoms with Crippen LogP contribution in [0.4, 0.5) is 11.6 Å². The molecule has 0 atom stereocenters. The van der Waals surface area contributed by atoms with Gasteiger partial charge in [-0.25, -0.2) is 9.67 Å². The smallest absolute Gasteiger partial charge is 0.160 e. The van der Waals surface area contributed by atoms with Gasteiger partial charge in [0.1, 0.15) is 5.75 Å². The number of piperidine rings is 1. The topological polar surface area (TPSA) is 84.2 Å². The van der Waals surface area contributed by atoms with Crippen molar-refractivity contribution in [1.29, 1.82) is 0 Å². The Bertz CT molecular complexity index is 1350. The molecule has 0 spiro atoms. The zero-order valence-corrected chi connectivity index (χ0v) is 21.4. The number of pyridine rings is 1. The first-order valence-corrected chi connectivity index (χ1v) is 12.4. The number of ether oxygens (including phenoxy) is 1. The zero-order chi connectivity index (χ0) is 24.5. The summed E-state index contributed by atoms with van der Waals surface area (Å²) in [6.45, 7) is 5.24. The molecule has 4 heterocycles. The molecule has 0 unspecified atom stereocenters. The van der Waals surface area contributed by atoms with Gasteiger partial charge in [0.05, 0.1) is 23.7 Å². The highest BCUT2D eigenvalue weighted by molar-refractivity contribution is 6.32. The summed E-state index contributed by atoms with van der Waals surface area (Å²) in [6.07, 6.45) is 5.99. The third-order valence-electron chi connectivity index (χ3n) is 6.86. The summed E-state index contributed by atoms with van der Waals surface area (Å²) in [6, 6.07) is 6.36. The van der Waals surface area contributed by atoms with Gasteiger partial charge in [-0.3, -0.25) is 0 Å². The number of aromatic nitrogens is 5. The van der Waals surface area contributed by atoms with E-state index in [4.69, 9.17) is 21.3 Å². The first-order valence-electron chi connectivity index (χ1n) is 12.0. The van der Waals surface area contributed by atoms with Crippen molar-refractivity contribution >= 4 is 45.0 Å². The van der Waals surface area contributed by atoms with Crippen molar-refractivity contribution in [2.75, 3.05) is 44.5 Å². The Morgan fingerprint density at radius 1 is 1.14 bits per heavy atom. The fourth-order valence-corrected chi connectivity index (χ4v) is 5.12. The summed E-state index contributed by atoms with van der Waals surface area (Å²) in [4.78, 5) is 9.41. The predicted octanol–water partition coefficient (Wildman–Crippen LogP) is 4.20. The van der Waals surface area contributed by atoms with Crippen molar-refractivity contribution in [2.24, 2.45) is 0 Å². The van der Waals surface area contributed by atoms with Crippen molar-refractivity contribution in [2.45, 2.75) is 38.9 Å². The number of nitrogens with one attached hydrogen (secondary N) is 1. The number of hydrogen-bond acceptors (Lipinski definition) is 8. The molecule has 1 fully saturated rings. The molecule has 0 bridgehead atoms. The van der Waals surface area contributed by atoms with Crippen molar-refractivity contribution < 1.29 is 4.74 Å². The van der Waals surface area contributed by atoms with Crippen molar-refractivity contribution in [3.05, 3.63) is 41.2 Å². The second kappa shape index (κ2) is 9.83. The van der Waals surface area contributed by atoms with Gasteiger partial charge in [-0.1, -0.05) is 17.7 Å². The Labute approximate surface area is 210 Å². The third-order valence-corrected chi connectivity index (χ3v) is 7.15. The van der Waals surface area contributed by atoms with Gasteiger partial charge in [0.15, 0.2) is 17.3 Å². The molecular weight excluding hydrogens is 464 g/mol. The Hall–Kier alpha value is -3.17. The van der Waals surface area contributed by atoms with E-state index in [1.54, 1.807) is 7.11 Å². The molecule has 35 heavy (non-hydrogen) atoms. The van der Waals surface area contributed by atoms with Crippen LogP contribution in [0.2, 0.25) is 5.02 Å². The molecule has 10 heteroatoms. The maximum absolute atomic E-state index is 6.33. The van der Waals surface area contributed by atoms with Crippen LogP contribution in [0.25, 0.3) is 21.8 Å². The van der Waals surface area contributed by atoms with Crippen LogP contribution >= 0.6 is 11.6 Å². The second-order valence-electron chi connectivity index (χ2n) is 9.12. The van der Waals surface area contributed by atoms with Crippen LogP contribution in [0.3, 0.4) is 0 Å². The van der Waals surface area contributed by atoms with E-state index in [0.29, 0.717) is 29.2 Å². The Balaban J connectivity index is 1.53. The minimum absolute atomic E-state index is 0.548. The van der Waals surface area contributed by atoms with Gasteiger partial charge in [-0.05, 0) is 51.6 Å². The molecule has 5 rings (SSSR count). The van der Waals surface area contributed by atoms with Gasteiger partial charge in [0.2, 0.25) is 0 Å². The summed E-state index contributed by atoms with van der Waals surface area (Å²) >= 11 is 6.33. The molecule has 184 valence electrons. The second-order valence-corrected chi connectivity index (χ2v) is 9.53. The van der Waals surface area contributed by atoms with Gasteiger partial charge in [0, 0.05) is 49.2 Å². The average Bonchev–Trinajstić information content (AvgIpc) is 3.30. The van der Waals surface area contributed by atoms with Crippen molar-refractivity contribution in [3.8, 4) is 5.75 Å². The van der Waals surface area contributed by atoms with E-state index in [1.165, 1.54) is 0 Å². The lowest BCUT2D eigenvalue weighted by molar-refractivity contribution is 0.249. The SMILES string of the molecule is CCn1ncc2c3c(NCc4ccc(OC)c(Cl)c4)nnc(N4CCC(N(C)C)CC4)c3cnc21. The summed E-state index contributed by atoms with van der Waals surface area (Å²) in [5.41, 5.74) is 1.87. The van der Waals surface area contributed by atoms with Gasteiger partial charge in [-0.15, -0.1) is 10.2 Å². The summed E-state index contributed by atoms with van der Waals surface area (Å²) in [5, 5.41) is 20.9. The third kappa shape index (κ3) is 4.46. The summed E-state index contributed by atoms with van der Waals surface area (Å²) in [5.74, 6) is 2.25. The number of fused-ring (bicyclic) bond motifs is 3. The summed E-state index contributed by atoms with van der Waals surface area (Å²) < 4.78 is 7.18. The van der Waals surface area contributed by atoms with Gasteiger partial charge in [-0.2, -0.15) is 5.10 Å². The average molecular weight is 495 g/mol. The molecular formula is C25H31ClN8O. The number of nitrogens with zero attached hydrogens (tertiary/aromatic N) is 7. The largest absolute Gasteiger partial charge is 0.495 e. The van der Waals surface area contributed by atoms with Gasteiger partial charge >= 0.3 is 0 Å². The lowest BCUT2D eigenvalue weighted by Gasteiger charge is -2.36. The van der Waals surface area contributed by atoms with Gasteiger partial charge < -0.3 is 19.9 Å². The van der Waals surface area contributed by atoms with Crippen LogP contribution < -0.4 is 15.0 Å². The first-order chi connectivity index (χ1) is 17.0. The fraction of sp³-hybridized carbons (Fsp3) is 0.440. The Kier molecular flexibility index (Phi) is 6.62. The number of hydrogen-bond donors (Lipinski definition) is 1. The molecule has 1 aromatic carbocycles. The van der Waals surface area contributed by atoms with Crippen LogP contribution in [0.5, 0.6) is 5.75 Å². The normalized spacial score (nSPS) is 14.9.